The van der Waals surface area contributed by atoms with Gasteiger partial charge in [0.05, 0.1) is 18.8 Å². The van der Waals surface area contributed by atoms with Gasteiger partial charge >= 0.3 is 5.97 Å². The van der Waals surface area contributed by atoms with E-state index >= 15 is 0 Å². The molecule has 0 aromatic heterocycles. The number of aliphatic carboxylic acids is 1. The number of para-hydroxylation sites is 2. The molecular weight excluding hydrogens is 320 g/mol. The molecule has 136 valence electrons. The molecule has 2 aliphatic rings. The zero-order valence-electron chi connectivity index (χ0n) is 14.8. The average molecular weight is 346 g/mol. The van der Waals surface area contributed by atoms with E-state index in [1.807, 2.05) is 24.3 Å². The summed E-state index contributed by atoms with van der Waals surface area (Å²) in [6.45, 7) is 2.76. The Labute approximate surface area is 148 Å². The van der Waals surface area contributed by atoms with Gasteiger partial charge in [0.25, 0.3) is 0 Å². The first kappa shape index (κ1) is 17.7. The second kappa shape index (κ2) is 7.44. The van der Waals surface area contributed by atoms with Crippen molar-refractivity contribution >= 4 is 17.6 Å². The van der Waals surface area contributed by atoms with E-state index < -0.39 is 5.97 Å². The first-order valence-corrected chi connectivity index (χ1v) is 8.93. The molecule has 0 radical (unpaired) electrons. The number of benzene rings is 1. The normalized spacial score (nSPS) is 29.2. The van der Waals surface area contributed by atoms with Gasteiger partial charge in [0.2, 0.25) is 5.91 Å². The van der Waals surface area contributed by atoms with E-state index in [4.69, 9.17) is 9.84 Å². The number of carboxylic acids is 1. The van der Waals surface area contributed by atoms with E-state index in [1.165, 1.54) is 0 Å². The molecule has 1 saturated carbocycles. The summed E-state index contributed by atoms with van der Waals surface area (Å²) < 4.78 is 5.37. The van der Waals surface area contributed by atoms with Crippen LogP contribution in [0.3, 0.4) is 0 Å². The van der Waals surface area contributed by atoms with Crippen LogP contribution in [0, 0.1) is 11.8 Å². The topological polar surface area (TPSA) is 78.9 Å². The summed E-state index contributed by atoms with van der Waals surface area (Å²) in [5.74, 6) is 0.489. The third-order valence-corrected chi connectivity index (χ3v) is 5.66. The third-order valence-electron chi connectivity index (χ3n) is 5.66. The molecular formula is C19H26N2O4. The predicted octanol–water partition coefficient (Wildman–Crippen LogP) is 2.28. The van der Waals surface area contributed by atoms with Crippen molar-refractivity contribution in [3.63, 3.8) is 0 Å². The summed E-state index contributed by atoms with van der Waals surface area (Å²) in [7, 11) is 1.61. The second-order valence-electron chi connectivity index (χ2n) is 7.07. The maximum Gasteiger partial charge on any atom is 0.303 e. The molecule has 2 N–H and O–H groups in total. The molecule has 1 amide bonds. The fraction of sp³-hybridized carbons (Fsp3) is 0.579. The van der Waals surface area contributed by atoms with Crippen LogP contribution >= 0.6 is 0 Å². The summed E-state index contributed by atoms with van der Waals surface area (Å²) in [6.07, 6.45) is 2.80. The van der Waals surface area contributed by atoms with Crippen molar-refractivity contribution in [1.82, 2.24) is 5.32 Å². The van der Waals surface area contributed by atoms with Gasteiger partial charge in [-0.1, -0.05) is 19.1 Å². The first-order valence-electron chi connectivity index (χ1n) is 8.93. The van der Waals surface area contributed by atoms with E-state index in [0.717, 1.165) is 24.9 Å². The average Bonchev–Trinajstić information content (AvgIpc) is 3.12. The minimum atomic E-state index is -0.739. The quantitative estimate of drug-likeness (QED) is 0.826. The lowest BCUT2D eigenvalue weighted by Crippen LogP contribution is -2.45. The SMILES string of the molecule is COc1ccccc1N1CCC(NC2CCC(CC(=O)O)C2C)C1=O. The number of amides is 1. The molecule has 0 bridgehead atoms. The van der Waals surface area contributed by atoms with Crippen LogP contribution in [0.15, 0.2) is 24.3 Å². The molecule has 1 aromatic carbocycles. The van der Waals surface area contributed by atoms with Gasteiger partial charge in [0, 0.05) is 19.0 Å². The van der Waals surface area contributed by atoms with E-state index in [2.05, 4.69) is 12.2 Å². The lowest BCUT2D eigenvalue weighted by atomic mass is 9.92. The minimum absolute atomic E-state index is 0.0679. The Morgan fingerprint density at radius 2 is 2.08 bits per heavy atom. The minimum Gasteiger partial charge on any atom is -0.495 e. The molecule has 25 heavy (non-hydrogen) atoms. The molecule has 1 aromatic rings. The second-order valence-corrected chi connectivity index (χ2v) is 7.07. The summed E-state index contributed by atoms with van der Waals surface area (Å²) in [4.78, 5) is 25.6. The van der Waals surface area contributed by atoms with Crippen molar-refractivity contribution in [1.29, 1.82) is 0 Å². The zero-order valence-corrected chi connectivity index (χ0v) is 14.8. The predicted molar refractivity (Wildman–Crippen MR) is 94.8 cm³/mol. The smallest absolute Gasteiger partial charge is 0.303 e. The lowest BCUT2D eigenvalue weighted by Gasteiger charge is -2.24. The van der Waals surface area contributed by atoms with Crippen molar-refractivity contribution in [2.45, 2.75) is 44.7 Å². The van der Waals surface area contributed by atoms with Crippen molar-refractivity contribution in [3.8, 4) is 5.75 Å². The van der Waals surface area contributed by atoms with Gasteiger partial charge in [-0.05, 0) is 43.2 Å². The summed E-state index contributed by atoms with van der Waals surface area (Å²) in [6, 6.07) is 7.55. The fourth-order valence-electron chi connectivity index (χ4n) is 4.18. The number of methoxy groups -OCH3 is 1. The Kier molecular flexibility index (Phi) is 5.27. The molecule has 6 nitrogen and oxygen atoms in total. The Balaban J connectivity index is 1.64. The summed E-state index contributed by atoms with van der Waals surface area (Å²) in [5.41, 5.74) is 0.808. The number of nitrogens with one attached hydrogen (secondary N) is 1. The number of ether oxygens (including phenoxy) is 1. The number of carbonyl (C=O) groups is 2. The number of carboxylic acid groups (broad SMARTS) is 1. The van der Waals surface area contributed by atoms with Crippen LogP contribution < -0.4 is 15.0 Å². The molecule has 6 heteroatoms. The highest BCUT2D eigenvalue weighted by atomic mass is 16.5. The van der Waals surface area contributed by atoms with Gasteiger partial charge in [-0.25, -0.2) is 0 Å². The Bertz CT molecular complexity index is 648. The van der Waals surface area contributed by atoms with Crippen LogP contribution in [0.1, 0.15) is 32.6 Å². The standard InChI is InChI=1S/C19H26N2O4/c1-12-13(11-18(22)23)7-8-14(12)20-15-9-10-21(19(15)24)16-5-3-4-6-17(16)25-2/h3-6,12-15,20H,7-11H2,1-2H3,(H,22,23). The number of anilines is 1. The van der Waals surface area contributed by atoms with E-state index in [0.29, 0.717) is 12.3 Å². The van der Waals surface area contributed by atoms with Crippen LogP contribution in [0.2, 0.25) is 0 Å². The Hall–Kier alpha value is -2.08. The Morgan fingerprint density at radius 1 is 1.32 bits per heavy atom. The molecule has 4 atom stereocenters. The molecule has 4 unspecified atom stereocenters. The summed E-state index contributed by atoms with van der Waals surface area (Å²) >= 11 is 0. The van der Waals surface area contributed by atoms with Gasteiger partial charge in [-0.3, -0.25) is 9.59 Å². The van der Waals surface area contributed by atoms with Crippen molar-refractivity contribution in [3.05, 3.63) is 24.3 Å². The molecule has 1 aliphatic heterocycles. The van der Waals surface area contributed by atoms with Crippen LogP contribution in [0.5, 0.6) is 5.75 Å². The molecule has 0 spiro atoms. The molecule has 1 saturated heterocycles. The van der Waals surface area contributed by atoms with Gasteiger partial charge in [0.1, 0.15) is 5.75 Å². The molecule has 3 rings (SSSR count). The van der Waals surface area contributed by atoms with Crippen molar-refractivity contribution in [2.75, 3.05) is 18.6 Å². The maximum atomic E-state index is 12.8. The third kappa shape index (κ3) is 3.63. The molecule has 2 fully saturated rings. The number of nitrogens with zero attached hydrogens (tertiary/aromatic N) is 1. The number of rotatable bonds is 6. The molecule has 1 heterocycles. The number of hydrogen-bond acceptors (Lipinski definition) is 4. The number of carbonyl (C=O) groups excluding carboxylic acids is 1. The fourth-order valence-corrected chi connectivity index (χ4v) is 4.18. The largest absolute Gasteiger partial charge is 0.495 e. The van der Waals surface area contributed by atoms with Gasteiger partial charge < -0.3 is 20.1 Å². The van der Waals surface area contributed by atoms with Gasteiger partial charge in [-0.15, -0.1) is 0 Å². The zero-order chi connectivity index (χ0) is 18.0. The van der Waals surface area contributed by atoms with Crippen LogP contribution in [-0.4, -0.2) is 42.7 Å². The van der Waals surface area contributed by atoms with E-state index in [-0.39, 0.29) is 36.2 Å². The van der Waals surface area contributed by atoms with Crippen LogP contribution in [0.4, 0.5) is 5.69 Å². The highest BCUT2D eigenvalue weighted by Crippen LogP contribution is 2.36. The number of hydrogen-bond donors (Lipinski definition) is 2. The Morgan fingerprint density at radius 3 is 2.80 bits per heavy atom. The molecule has 1 aliphatic carbocycles. The monoisotopic (exact) mass is 346 g/mol. The highest BCUT2D eigenvalue weighted by molar-refractivity contribution is 6.00. The summed E-state index contributed by atoms with van der Waals surface area (Å²) in [5, 5.41) is 12.5. The van der Waals surface area contributed by atoms with Crippen LogP contribution in [0.25, 0.3) is 0 Å². The first-order chi connectivity index (χ1) is 12.0. The maximum absolute atomic E-state index is 12.8. The van der Waals surface area contributed by atoms with E-state index in [1.54, 1.807) is 12.0 Å². The highest BCUT2D eigenvalue weighted by Gasteiger charge is 2.39. The lowest BCUT2D eigenvalue weighted by molar-refractivity contribution is -0.138. The van der Waals surface area contributed by atoms with Crippen molar-refractivity contribution < 1.29 is 19.4 Å². The van der Waals surface area contributed by atoms with Crippen molar-refractivity contribution in [2.24, 2.45) is 11.8 Å². The van der Waals surface area contributed by atoms with Gasteiger partial charge in [0.15, 0.2) is 0 Å². The van der Waals surface area contributed by atoms with Crippen LogP contribution in [-0.2, 0) is 9.59 Å². The van der Waals surface area contributed by atoms with Gasteiger partial charge in [-0.2, -0.15) is 0 Å². The van der Waals surface area contributed by atoms with E-state index in [9.17, 15) is 9.59 Å².